The van der Waals surface area contributed by atoms with Crippen molar-refractivity contribution in [3.63, 3.8) is 0 Å². The summed E-state index contributed by atoms with van der Waals surface area (Å²) in [6.07, 6.45) is 1.60. The summed E-state index contributed by atoms with van der Waals surface area (Å²) in [7, 11) is -7.05. The average molecular weight is 320 g/mol. The van der Waals surface area contributed by atoms with Crippen molar-refractivity contribution in [1.29, 1.82) is 0 Å². The molecule has 0 aliphatic heterocycles. The molecule has 0 aromatic heterocycles. The zero-order valence-corrected chi connectivity index (χ0v) is 13.4. The lowest BCUT2D eigenvalue weighted by molar-refractivity contribution is 0.563. The molecular weight excluding hydrogens is 300 g/mol. The maximum absolute atomic E-state index is 12.3. The van der Waals surface area contributed by atoms with E-state index in [2.05, 4.69) is 4.72 Å². The van der Waals surface area contributed by atoms with E-state index in [1.54, 1.807) is 12.1 Å². The third-order valence-electron chi connectivity index (χ3n) is 2.67. The van der Waals surface area contributed by atoms with E-state index in [1.807, 2.05) is 6.92 Å². The number of aryl methyl sites for hydroxylation is 1. The molecule has 1 atom stereocenters. The minimum absolute atomic E-state index is 0.0975. The third kappa shape index (κ3) is 4.77. The largest absolute Gasteiger partial charge is 0.399 e. The lowest BCUT2D eigenvalue weighted by atomic mass is 10.1. The number of anilines is 1. The van der Waals surface area contributed by atoms with Crippen LogP contribution in [-0.2, 0) is 26.3 Å². The summed E-state index contributed by atoms with van der Waals surface area (Å²) in [4.78, 5) is 0.0975. The maximum Gasteiger partial charge on any atom is 0.241 e. The van der Waals surface area contributed by atoms with E-state index in [1.165, 1.54) is 13.0 Å². The number of nitrogens with one attached hydrogen (secondary N) is 1. The summed E-state index contributed by atoms with van der Waals surface area (Å²) < 4.78 is 49.3. The van der Waals surface area contributed by atoms with Gasteiger partial charge in [0.1, 0.15) is 9.84 Å². The first kappa shape index (κ1) is 16.9. The topological polar surface area (TPSA) is 106 Å². The molecule has 0 saturated heterocycles. The number of sulfonamides is 1. The van der Waals surface area contributed by atoms with E-state index >= 15 is 0 Å². The van der Waals surface area contributed by atoms with Gasteiger partial charge in [0.05, 0.1) is 10.6 Å². The second kappa shape index (κ2) is 6.11. The Hall–Kier alpha value is -1.12. The molecule has 1 aromatic rings. The summed E-state index contributed by atoms with van der Waals surface area (Å²) in [5.41, 5.74) is 6.61. The zero-order valence-electron chi connectivity index (χ0n) is 11.8. The Morgan fingerprint density at radius 2 is 1.85 bits per heavy atom. The molecule has 114 valence electrons. The van der Waals surface area contributed by atoms with Gasteiger partial charge in [-0.3, -0.25) is 0 Å². The Morgan fingerprint density at radius 3 is 2.35 bits per heavy atom. The molecule has 1 unspecified atom stereocenters. The lowest BCUT2D eigenvalue weighted by Crippen LogP contribution is -2.37. The van der Waals surface area contributed by atoms with Crippen molar-refractivity contribution in [3.05, 3.63) is 23.8 Å². The molecule has 1 rings (SSSR count). The van der Waals surface area contributed by atoms with Crippen LogP contribution in [0.2, 0.25) is 0 Å². The fraction of sp³-hybridized carbons (Fsp3) is 0.500. The number of hydrogen-bond donors (Lipinski definition) is 2. The highest BCUT2D eigenvalue weighted by Crippen LogP contribution is 2.20. The van der Waals surface area contributed by atoms with Gasteiger partial charge in [-0.25, -0.2) is 21.6 Å². The van der Waals surface area contributed by atoms with Gasteiger partial charge in [-0.15, -0.1) is 0 Å². The van der Waals surface area contributed by atoms with Crippen molar-refractivity contribution in [2.45, 2.75) is 31.2 Å². The first-order chi connectivity index (χ1) is 9.05. The van der Waals surface area contributed by atoms with Crippen LogP contribution in [0.3, 0.4) is 0 Å². The summed E-state index contributed by atoms with van der Waals surface area (Å²) >= 11 is 0. The molecule has 1 aromatic carbocycles. The summed E-state index contributed by atoms with van der Waals surface area (Å²) in [6.45, 7) is 3.35. The molecule has 0 amide bonds. The van der Waals surface area contributed by atoms with Gasteiger partial charge >= 0.3 is 0 Å². The number of benzene rings is 1. The average Bonchev–Trinajstić information content (AvgIpc) is 2.25. The normalized spacial score (nSPS) is 14.2. The van der Waals surface area contributed by atoms with Gasteiger partial charge in [0.2, 0.25) is 10.0 Å². The lowest BCUT2D eigenvalue weighted by Gasteiger charge is -2.15. The zero-order chi connectivity index (χ0) is 15.6. The summed E-state index contributed by atoms with van der Waals surface area (Å²) in [5.74, 6) is -0.254. The van der Waals surface area contributed by atoms with E-state index in [-0.39, 0.29) is 10.6 Å². The molecule has 6 nitrogen and oxygen atoms in total. The van der Waals surface area contributed by atoms with E-state index in [0.717, 1.165) is 6.26 Å². The molecule has 3 N–H and O–H groups in total. The number of hydrogen-bond acceptors (Lipinski definition) is 5. The fourth-order valence-corrected chi connectivity index (χ4v) is 4.62. The predicted octanol–water partition coefficient (Wildman–Crippen LogP) is 0.543. The summed E-state index contributed by atoms with van der Waals surface area (Å²) in [5, 5.41) is 0. The van der Waals surface area contributed by atoms with Gasteiger partial charge in [-0.1, -0.05) is 13.0 Å². The first-order valence-corrected chi connectivity index (χ1v) is 9.68. The van der Waals surface area contributed by atoms with Crippen LogP contribution >= 0.6 is 0 Å². The van der Waals surface area contributed by atoms with Gasteiger partial charge in [0.25, 0.3) is 0 Å². The number of sulfone groups is 1. The molecule has 0 fully saturated rings. The minimum atomic E-state index is -3.79. The molecular formula is C12H20N2O4S2. The van der Waals surface area contributed by atoms with Crippen LogP contribution < -0.4 is 10.5 Å². The van der Waals surface area contributed by atoms with Crippen LogP contribution in [0.4, 0.5) is 5.69 Å². The summed E-state index contributed by atoms with van der Waals surface area (Å²) in [6, 6.07) is 3.97. The quantitative estimate of drug-likeness (QED) is 0.744. The number of nitrogen functional groups attached to an aromatic ring is 1. The molecule has 8 heteroatoms. The van der Waals surface area contributed by atoms with Gasteiger partial charge < -0.3 is 5.73 Å². The van der Waals surface area contributed by atoms with Gasteiger partial charge in [-0.05, 0) is 31.0 Å². The van der Waals surface area contributed by atoms with E-state index < -0.39 is 25.9 Å². The van der Waals surface area contributed by atoms with Crippen LogP contribution in [0.5, 0.6) is 0 Å². The second-order valence-electron chi connectivity index (χ2n) is 4.84. The molecule has 0 aliphatic rings. The number of rotatable bonds is 6. The Bertz CT molecular complexity index is 681. The SMILES string of the molecule is CCc1ccc(N)cc1S(=O)(=O)NC(C)CS(C)(=O)=O. The van der Waals surface area contributed by atoms with E-state index in [9.17, 15) is 16.8 Å². The van der Waals surface area contributed by atoms with Crippen molar-refractivity contribution in [2.75, 3.05) is 17.7 Å². The van der Waals surface area contributed by atoms with E-state index in [4.69, 9.17) is 5.73 Å². The molecule has 0 radical (unpaired) electrons. The molecule has 0 bridgehead atoms. The molecule has 0 aliphatic carbocycles. The highest BCUT2D eigenvalue weighted by molar-refractivity contribution is 7.91. The Balaban J connectivity index is 3.08. The van der Waals surface area contributed by atoms with Crippen molar-refractivity contribution in [3.8, 4) is 0 Å². The first-order valence-electron chi connectivity index (χ1n) is 6.13. The van der Waals surface area contributed by atoms with Crippen LogP contribution in [0.15, 0.2) is 23.1 Å². The van der Waals surface area contributed by atoms with E-state index in [0.29, 0.717) is 17.7 Å². The van der Waals surface area contributed by atoms with Crippen molar-refractivity contribution < 1.29 is 16.8 Å². The highest BCUT2D eigenvalue weighted by atomic mass is 32.2. The second-order valence-corrected chi connectivity index (χ2v) is 8.70. The molecule has 0 spiro atoms. The third-order valence-corrected chi connectivity index (χ3v) is 5.45. The smallest absolute Gasteiger partial charge is 0.241 e. The van der Waals surface area contributed by atoms with Crippen molar-refractivity contribution in [1.82, 2.24) is 4.72 Å². The Labute approximate surface area is 120 Å². The maximum atomic E-state index is 12.3. The van der Waals surface area contributed by atoms with Crippen molar-refractivity contribution in [2.24, 2.45) is 0 Å². The van der Waals surface area contributed by atoms with Gasteiger partial charge in [0.15, 0.2) is 0 Å². The molecule has 0 heterocycles. The van der Waals surface area contributed by atoms with Crippen LogP contribution in [0, 0.1) is 0 Å². The highest BCUT2D eigenvalue weighted by Gasteiger charge is 2.22. The monoisotopic (exact) mass is 320 g/mol. The molecule has 20 heavy (non-hydrogen) atoms. The standard InChI is InChI=1S/C12H20N2O4S2/c1-4-10-5-6-11(13)7-12(10)20(17,18)14-9(2)8-19(3,15)16/h5-7,9,14H,4,8,13H2,1-3H3. The van der Waals surface area contributed by atoms with Crippen LogP contribution in [0.1, 0.15) is 19.4 Å². The minimum Gasteiger partial charge on any atom is -0.399 e. The predicted molar refractivity (Wildman–Crippen MR) is 79.7 cm³/mol. The van der Waals surface area contributed by atoms with Crippen molar-refractivity contribution >= 4 is 25.5 Å². The Morgan fingerprint density at radius 1 is 1.25 bits per heavy atom. The van der Waals surface area contributed by atoms with Crippen LogP contribution in [-0.4, -0.2) is 34.9 Å². The molecule has 0 saturated carbocycles. The fourth-order valence-electron chi connectivity index (χ4n) is 1.93. The number of nitrogens with two attached hydrogens (primary N) is 1. The van der Waals surface area contributed by atoms with Gasteiger partial charge in [-0.2, -0.15) is 0 Å². The Kier molecular flexibility index (Phi) is 5.17. The van der Waals surface area contributed by atoms with Gasteiger partial charge in [0, 0.05) is 18.0 Å². The van der Waals surface area contributed by atoms with Crippen LogP contribution in [0.25, 0.3) is 0 Å².